The molecule has 130 valence electrons. The number of hydrogen-bond acceptors (Lipinski definition) is 3. The molecule has 0 amide bonds. The van der Waals surface area contributed by atoms with Gasteiger partial charge < -0.3 is 10.6 Å². The molecule has 2 N–H and O–H groups in total. The van der Waals surface area contributed by atoms with E-state index in [9.17, 15) is 0 Å². The Balaban J connectivity index is 0.00000208. The molecule has 0 saturated heterocycles. The molecule has 1 fully saturated rings. The summed E-state index contributed by atoms with van der Waals surface area (Å²) in [6.07, 6.45) is 1.27. The molecule has 24 heavy (non-hydrogen) atoms. The van der Waals surface area contributed by atoms with Crippen LogP contribution in [0.4, 0.5) is 0 Å². The monoisotopic (exact) mass is 456 g/mol. The molecule has 0 bridgehead atoms. The van der Waals surface area contributed by atoms with Crippen LogP contribution in [0.15, 0.2) is 35.3 Å². The van der Waals surface area contributed by atoms with Gasteiger partial charge in [0.15, 0.2) is 5.96 Å². The van der Waals surface area contributed by atoms with E-state index < -0.39 is 0 Å². The summed E-state index contributed by atoms with van der Waals surface area (Å²) in [7, 11) is 1.82. The Morgan fingerprint density at radius 1 is 1.25 bits per heavy atom. The van der Waals surface area contributed by atoms with Crippen LogP contribution in [0.5, 0.6) is 0 Å². The fraction of sp³-hybridized carbons (Fsp3) is 0.444. The largest absolute Gasteiger partial charge is 0.356 e. The topological polar surface area (TPSA) is 49.3 Å². The van der Waals surface area contributed by atoms with Crippen molar-refractivity contribution in [3.05, 3.63) is 51.5 Å². The maximum atomic E-state index is 4.46. The summed E-state index contributed by atoms with van der Waals surface area (Å²) in [5, 5.41) is 7.95. The normalized spacial score (nSPS) is 19.5. The van der Waals surface area contributed by atoms with Gasteiger partial charge in [-0.2, -0.15) is 0 Å². The average molecular weight is 456 g/mol. The van der Waals surface area contributed by atoms with Crippen molar-refractivity contribution in [2.45, 2.75) is 32.7 Å². The number of aromatic nitrogens is 1. The van der Waals surface area contributed by atoms with E-state index in [0.717, 1.165) is 29.8 Å². The lowest BCUT2D eigenvalue weighted by Crippen LogP contribution is -2.38. The zero-order valence-electron chi connectivity index (χ0n) is 14.4. The first-order chi connectivity index (χ1) is 11.2. The Morgan fingerprint density at radius 2 is 2.00 bits per heavy atom. The minimum atomic E-state index is 0. The van der Waals surface area contributed by atoms with E-state index in [-0.39, 0.29) is 24.0 Å². The second kappa shape index (κ2) is 8.80. The fourth-order valence-electron chi connectivity index (χ4n) is 2.93. The Morgan fingerprint density at radius 3 is 2.62 bits per heavy atom. The number of halogens is 1. The average Bonchev–Trinajstić information content (AvgIpc) is 3.26. The minimum Gasteiger partial charge on any atom is -0.356 e. The maximum absolute atomic E-state index is 4.46. The number of aliphatic imine (C=N–C) groups is 1. The predicted molar refractivity (Wildman–Crippen MR) is 112 cm³/mol. The Hall–Kier alpha value is -1.15. The lowest BCUT2D eigenvalue weighted by Gasteiger charge is -2.11. The van der Waals surface area contributed by atoms with Crippen LogP contribution in [0.3, 0.4) is 0 Å². The van der Waals surface area contributed by atoms with Crippen molar-refractivity contribution in [2.75, 3.05) is 13.6 Å². The summed E-state index contributed by atoms with van der Waals surface area (Å²) in [5.41, 5.74) is 2.57. The van der Waals surface area contributed by atoms with E-state index in [1.54, 1.807) is 11.3 Å². The zero-order chi connectivity index (χ0) is 16.2. The van der Waals surface area contributed by atoms with E-state index in [2.05, 4.69) is 57.9 Å². The van der Waals surface area contributed by atoms with Gasteiger partial charge in [-0.1, -0.05) is 30.3 Å². The molecule has 2 aromatic rings. The van der Waals surface area contributed by atoms with Gasteiger partial charge in [-0.15, -0.1) is 35.3 Å². The molecule has 0 spiro atoms. The molecule has 2 unspecified atom stereocenters. The number of aryl methyl sites for hydroxylation is 2. The van der Waals surface area contributed by atoms with Crippen molar-refractivity contribution in [3.63, 3.8) is 0 Å². The van der Waals surface area contributed by atoms with E-state index in [1.807, 2.05) is 14.0 Å². The van der Waals surface area contributed by atoms with Crippen LogP contribution < -0.4 is 10.6 Å². The van der Waals surface area contributed by atoms with Crippen LogP contribution in [0.2, 0.25) is 0 Å². The zero-order valence-corrected chi connectivity index (χ0v) is 17.5. The van der Waals surface area contributed by atoms with Gasteiger partial charge in [0, 0.05) is 18.5 Å². The number of nitrogens with one attached hydrogen (secondary N) is 2. The second-order valence-corrected chi connectivity index (χ2v) is 7.35. The Kier molecular flexibility index (Phi) is 7.03. The molecule has 2 atom stereocenters. The molecule has 3 rings (SSSR count). The molecule has 1 aliphatic rings. The number of hydrogen-bond donors (Lipinski definition) is 2. The lowest BCUT2D eigenvalue weighted by molar-refractivity contribution is 0.720. The molecule has 6 heteroatoms. The first-order valence-corrected chi connectivity index (χ1v) is 8.91. The second-order valence-electron chi connectivity index (χ2n) is 6.06. The fourth-order valence-corrected chi connectivity index (χ4v) is 3.81. The van der Waals surface area contributed by atoms with Gasteiger partial charge in [0.2, 0.25) is 0 Å². The SMILES string of the molecule is CN=C(NCc1sc(C)nc1C)NCC1CC1c1ccccc1.I. The van der Waals surface area contributed by atoms with Gasteiger partial charge in [-0.3, -0.25) is 4.99 Å². The highest BCUT2D eigenvalue weighted by Gasteiger charge is 2.37. The van der Waals surface area contributed by atoms with Crippen molar-refractivity contribution in [3.8, 4) is 0 Å². The Bertz CT molecular complexity index is 684. The van der Waals surface area contributed by atoms with E-state index in [0.29, 0.717) is 11.8 Å². The summed E-state index contributed by atoms with van der Waals surface area (Å²) in [6.45, 7) is 5.86. The summed E-state index contributed by atoms with van der Waals surface area (Å²) in [4.78, 5) is 10.1. The quantitative estimate of drug-likeness (QED) is 0.408. The number of nitrogens with zero attached hydrogens (tertiary/aromatic N) is 2. The van der Waals surface area contributed by atoms with Gasteiger partial charge in [0.1, 0.15) is 0 Å². The molecule has 1 heterocycles. The molecule has 0 radical (unpaired) electrons. The smallest absolute Gasteiger partial charge is 0.191 e. The van der Waals surface area contributed by atoms with Gasteiger partial charge in [-0.25, -0.2) is 4.98 Å². The van der Waals surface area contributed by atoms with E-state index >= 15 is 0 Å². The predicted octanol–water partition coefficient (Wildman–Crippen LogP) is 3.85. The van der Waals surface area contributed by atoms with Crippen molar-refractivity contribution < 1.29 is 0 Å². The van der Waals surface area contributed by atoms with Crippen LogP contribution in [-0.2, 0) is 6.54 Å². The van der Waals surface area contributed by atoms with Crippen LogP contribution in [-0.4, -0.2) is 24.5 Å². The summed E-state index contributed by atoms with van der Waals surface area (Å²) >= 11 is 1.74. The van der Waals surface area contributed by atoms with Crippen LogP contribution in [0, 0.1) is 19.8 Å². The first kappa shape index (κ1) is 19.2. The van der Waals surface area contributed by atoms with Gasteiger partial charge in [0.25, 0.3) is 0 Å². The highest BCUT2D eigenvalue weighted by Crippen LogP contribution is 2.46. The van der Waals surface area contributed by atoms with Crippen molar-refractivity contribution in [1.82, 2.24) is 15.6 Å². The van der Waals surface area contributed by atoms with Gasteiger partial charge in [-0.05, 0) is 37.7 Å². The summed E-state index contributed by atoms with van der Waals surface area (Å²) in [6, 6.07) is 10.8. The molecule has 1 aromatic heterocycles. The lowest BCUT2D eigenvalue weighted by atomic mass is 10.1. The van der Waals surface area contributed by atoms with Crippen LogP contribution in [0.1, 0.15) is 33.5 Å². The molecule has 1 saturated carbocycles. The van der Waals surface area contributed by atoms with Crippen LogP contribution in [0.25, 0.3) is 0 Å². The standard InChI is InChI=1S/C18H24N4S.HI/c1-12-17(23-13(2)22-12)11-21-18(19-3)20-10-15-9-16(15)14-7-5-4-6-8-14;/h4-8,15-16H,9-11H2,1-3H3,(H2,19,20,21);1H. The third kappa shape index (κ3) is 4.92. The number of thiazole rings is 1. The minimum absolute atomic E-state index is 0. The van der Waals surface area contributed by atoms with Crippen molar-refractivity contribution in [2.24, 2.45) is 10.9 Å². The Labute approximate surface area is 165 Å². The highest BCUT2D eigenvalue weighted by molar-refractivity contribution is 14.0. The number of benzene rings is 1. The molecule has 0 aliphatic heterocycles. The number of guanidine groups is 1. The molecule has 1 aromatic carbocycles. The van der Waals surface area contributed by atoms with Gasteiger partial charge in [0.05, 0.1) is 17.2 Å². The van der Waals surface area contributed by atoms with Crippen LogP contribution >= 0.6 is 35.3 Å². The maximum Gasteiger partial charge on any atom is 0.191 e. The summed E-state index contributed by atoms with van der Waals surface area (Å²) < 4.78 is 0. The first-order valence-electron chi connectivity index (χ1n) is 8.09. The highest BCUT2D eigenvalue weighted by atomic mass is 127. The van der Waals surface area contributed by atoms with Crippen molar-refractivity contribution in [1.29, 1.82) is 0 Å². The molecular weight excluding hydrogens is 431 g/mol. The van der Waals surface area contributed by atoms with E-state index in [4.69, 9.17) is 0 Å². The van der Waals surface area contributed by atoms with Crippen molar-refractivity contribution >= 4 is 41.3 Å². The third-order valence-electron chi connectivity index (χ3n) is 4.32. The van der Waals surface area contributed by atoms with Gasteiger partial charge >= 0.3 is 0 Å². The molecular formula is C18H25IN4S. The van der Waals surface area contributed by atoms with E-state index in [1.165, 1.54) is 16.9 Å². The third-order valence-corrected chi connectivity index (χ3v) is 5.39. The molecule has 4 nitrogen and oxygen atoms in total. The molecule has 1 aliphatic carbocycles. The number of rotatable bonds is 5. The summed E-state index contributed by atoms with van der Waals surface area (Å²) in [5.74, 6) is 2.28.